The second-order valence-corrected chi connectivity index (χ2v) is 5.52. The van der Waals surface area contributed by atoms with E-state index < -0.39 is 6.10 Å². The van der Waals surface area contributed by atoms with E-state index in [0.29, 0.717) is 6.10 Å². The highest BCUT2D eigenvalue weighted by molar-refractivity contribution is 5.40. The van der Waals surface area contributed by atoms with Crippen LogP contribution in [0.15, 0.2) is 42.5 Å². The van der Waals surface area contributed by atoms with Crippen LogP contribution in [0.1, 0.15) is 35.6 Å². The fourth-order valence-corrected chi connectivity index (χ4v) is 2.37. The van der Waals surface area contributed by atoms with Gasteiger partial charge in [-0.05, 0) is 60.7 Å². The van der Waals surface area contributed by atoms with E-state index in [1.54, 1.807) is 7.11 Å². The Bertz CT molecular complexity index is 615. The maximum absolute atomic E-state index is 10.5. The molecule has 2 aromatic carbocycles. The SMILES string of the molecule is COc1ccc(C(O)c2ccc(OC3CC3)cc2)cc1C. The Balaban J connectivity index is 1.77. The van der Waals surface area contributed by atoms with Gasteiger partial charge in [-0.3, -0.25) is 0 Å². The highest BCUT2D eigenvalue weighted by Crippen LogP contribution is 2.30. The van der Waals surface area contributed by atoms with Crippen LogP contribution in [0.3, 0.4) is 0 Å². The van der Waals surface area contributed by atoms with E-state index >= 15 is 0 Å². The third kappa shape index (κ3) is 3.19. The number of aryl methyl sites for hydroxylation is 1. The molecule has 3 nitrogen and oxygen atoms in total. The summed E-state index contributed by atoms with van der Waals surface area (Å²) in [5.41, 5.74) is 2.75. The summed E-state index contributed by atoms with van der Waals surface area (Å²) in [5, 5.41) is 10.5. The average Bonchev–Trinajstić information content (AvgIpc) is 3.31. The molecule has 3 heteroatoms. The molecule has 0 bridgehead atoms. The van der Waals surface area contributed by atoms with Gasteiger partial charge in [0.2, 0.25) is 0 Å². The van der Waals surface area contributed by atoms with Gasteiger partial charge in [0.25, 0.3) is 0 Å². The topological polar surface area (TPSA) is 38.7 Å². The summed E-state index contributed by atoms with van der Waals surface area (Å²) < 4.78 is 11.0. The molecule has 0 amide bonds. The van der Waals surface area contributed by atoms with E-state index in [1.807, 2.05) is 49.4 Å². The second-order valence-electron chi connectivity index (χ2n) is 5.52. The van der Waals surface area contributed by atoms with Crippen molar-refractivity contribution in [2.75, 3.05) is 7.11 Å². The Kier molecular flexibility index (Phi) is 3.84. The van der Waals surface area contributed by atoms with Crippen molar-refractivity contribution >= 4 is 0 Å². The highest BCUT2D eigenvalue weighted by atomic mass is 16.5. The number of benzene rings is 2. The van der Waals surface area contributed by atoms with E-state index in [4.69, 9.17) is 9.47 Å². The Morgan fingerprint density at radius 3 is 2.29 bits per heavy atom. The van der Waals surface area contributed by atoms with Gasteiger partial charge in [-0.25, -0.2) is 0 Å². The number of aliphatic hydroxyl groups is 1. The van der Waals surface area contributed by atoms with Gasteiger partial charge in [-0.2, -0.15) is 0 Å². The van der Waals surface area contributed by atoms with Gasteiger partial charge in [0, 0.05) is 0 Å². The van der Waals surface area contributed by atoms with E-state index in [1.165, 1.54) is 0 Å². The summed E-state index contributed by atoms with van der Waals surface area (Å²) in [5.74, 6) is 1.71. The van der Waals surface area contributed by atoms with Crippen molar-refractivity contribution in [2.24, 2.45) is 0 Å². The van der Waals surface area contributed by atoms with Crippen molar-refractivity contribution in [3.8, 4) is 11.5 Å². The summed E-state index contributed by atoms with van der Waals surface area (Å²) in [6, 6.07) is 13.4. The first kappa shape index (κ1) is 14.0. The first-order valence-corrected chi connectivity index (χ1v) is 7.26. The van der Waals surface area contributed by atoms with Gasteiger partial charge >= 0.3 is 0 Å². The Hall–Kier alpha value is -2.00. The molecule has 3 rings (SSSR count). The molecule has 1 aliphatic rings. The molecule has 110 valence electrons. The van der Waals surface area contributed by atoms with Crippen molar-refractivity contribution < 1.29 is 14.6 Å². The van der Waals surface area contributed by atoms with Crippen LogP contribution in [0, 0.1) is 6.92 Å². The number of hydrogen-bond acceptors (Lipinski definition) is 3. The molecule has 21 heavy (non-hydrogen) atoms. The lowest BCUT2D eigenvalue weighted by Gasteiger charge is -2.14. The van der Waals surface area contributed by atoms with E-state index in [-0.39, 0.29) is 0 Å². The summed E-state index contributed by atoms with van der Waals surface area (Å²) in [6.07, 6.45) is 2.06. The van der Waals surface area contributed by atoms with E-state index in [0.717, 1.165) is 41.0 Å². The Labute approximate surface area is 125 Å². The van der Waals surface area contributed by atoms with Crippen molar-refractivity contribution in [2.45, 2.75) is 32.0 Å². The van der Waals surface area contributed by atoms with Crippen LogP contribution in [0.25, 0.3) is 0 Å². The van der Waals surface area contributed by atoms with Gasteiger partial charge in [0.05, 0.1) is 13.2 Å². The molecule has 0 saturated heterocycles. The fraction of sp³-hybridized carbons (Fsp3) is 0.333. The molecule has 1 unspecified atom stereocenters. The number of aliphatic hydroxyl groups excluding tert-OH is 1. The molecule has 0 heterocycles. The molecule has 2 aromatic rings. The maximum atomic E-state index is 10.5. The van der Waals surface area contributed by atoms with Gasteiger partial charge in [0.1, 0.15) is 17.6 Å². The van der Waals surface area contributed by atoms with Gasteiger partial charge in [0.15, 0.2) is 0 Å². The minimum Gasteiger partial charge on any atom is -0.496 e. The van der Waals surface area contributed by atoms with Crippen LogP contribution in [-0.4, -0.2) is 18.3 Å². The van der Waals surface area contributed by atoms with Gasteiger partial charge in [-0.15, -0.1) is 0 Å². The normalized spacial score (nSPS) is 15.6. The predicted octanol–water partition coefficient (Wildman–Crippen LogP) is 3.63. The highest BCUT2D eigenvalue weighted by Gasteiger charge is 2.23. The zero-order valence-corrected chi connectivity index (χ0v) is 12.4. The molecule has 1 atom stereocenters. The van der Waals surface area contributed by atoms with Crippen LogP contribution in [0.4, 0.5) is 0 Å². The summed E-state index contributed by atoms with van der Waals surface area (Å²) in [6.45, 7) is 1.97. The smallest absolute Gasteiger partial charge is 0.121 e. The molecule has 0 aromatic heterocycles. The Morgan fingerprint density at radius 1 is 1.05 bits per heavy atom. The van der Waals surface area contributed by atoms with Gasteiger partial charge < -0.3 is 14.6 Å². The van der Waals surface area contributed by atoms with Crippen LogP contribution in [0.2, 0.25) is 0 Å². The minimum absolute atomic E-state index is 0.394. The summed E-state index contributed by atoms with van der Waals surface area (Å²) >= 11 is 0. The van der Waals surface area contributed by atoms with Crippen LogP contribution < -0.4 is 9.47 Å². The monoisotopic (exact) mass is 284 g/mol. The lowest BCUT2D eigenvalue weighted by molar-refractivity contribution is 0.220. The lowest BCUT2D eigenvalue weighted by Crippen LogP contribution is -2.01. The molecule has 1 fully saturated rings. The van der Waals surface area contributed by atoms with Crippen LogP contribution in [0.5, 0.6) is 11.5 Å². The molecule has 1 aliphatic carbocycles. The Morgan fingerprint density at radius 2 is 1.71 bits per heavy atom. The fourth-order valence-electron chi connectivity index (χ4n) is 2.37. The zero-order valence-electron chi connectivity index (χ0n) is 12.4. The number of ether oxygens (including phenoxy) is 2. The first-order valence-electron chi connectivity index (χ1n) is 7.26. The molecule has 1 N–H and O–H groups in total. The minimum atomic E-state index is -0.635. The number of methoxy groups -OCH3 is 1. The first-order chi connectivity index (χ1) is 10.2. The zero-order chi connectivity index (χ0) is 14.8. The largest absolute Gasteiger partial charge is 0.496 e. The third-order valence-corrected chi connectivity index (χ3v) is 3.76. The van der Waals surface area contributed by atoms with Crippen LogP contribution >= 0.6 is 0 Å². The van der Waals surface area contributed by atoms with E-state index in [2.05, 4.69) is 0 Å². The third-order valence-electron chi connectivity index (χ3n) is 3.76. The van der Waals surface area contributed by atoms with Gasteiger partial charge in [-0.1, -0.05) is 18.2 Å². The lowest BCUT2D eigenvalue weighted by atomic mass is 9.99. The van der Waals surface area contributed by atoms with Crippen molar-refractivity contribution in [3.63, 3.8) is 0 Å². The van der Waals surface area contributed by atoms with Crippen molar-refractivity contribution in [3.05, 3.63) is 59.2 Å². The second kappa shape index (κ2) is 5.78. The standard InChI is InChI=1S/C18H20O3/c1-12-11-14(5-10-17(12)20-2)18(19)13-3-6-15(7-4-13)21-16-8-9-16/h3-7,10-11,16,18-19H,8-9H2,1-2H3. The molecular formula is C18H20O3. The maximum Gasteiger partial charge on any atom is 0.121 e. The quantitative estimate of drug-likeness (QED) is 0.911. The molecule has 0 radical (unpaired) electrons. The number of rotatable bonds is 5. The molecule has 1 saturated carbocycles. The molecule has 0 aliphatic heterocycles. The summed E-state index contributed by atoms with van der Waals surface area (Å²) in [7, 11) is 1.65. The van der Waals surface area contributed by atoms with Crippen molar-refractivity contribution in [1.29, 1.82) is 0 Å². The number of hydrogen-bond donors (Lipinski definition) is 1. The average molecular weight is 284 g/mol. The summed E-state index contributed by atoms with van der Waals surface area (Å²) in [4.78, 5) is 0. The predicted molar refractivity (Wildman–Crippen MR) is 81.9 cm³/mol. The van der Waals surface area contributed by atoms with E-state index in [9.17, 15) is 5.11 Å². The van der Waals surface area contributed by atoms with Crippen LogP contribution in [-0.2, 0) is 0 Å². The molecule has 0 spiro atoms. The van der Waals surface area contributed by atoms with Crippen molar-refractivity contribution in [1.82, 2.24) is 0 Å². The molecular weight excluding hydrogens is 264 g/mol.